The van der Waals surface area contributed by atoms with Crippen LogP contribution in [0.4, 0.5) is 0 Å². The number of fused-ring (bicyclic) bond motifs is 1. The van der Waals surface area contributed by atoms with Gasteiger partial charge in [0.1, 0.15) is 11.9 Å². The summed E-state index contributed by atoms with van der Waals surface area (Å²) in [5, 5.41) is 0. The van der Waals surface area contributed by atoms with E-state index in [0.29, 0.717) is 6.42 Å². The number of benzene rings is 2. The predicted molar refractivity (Wildman–Crippen MR) is 125 cm³/mol. The van der Waals surface area contributed by atoms with Crippen molar-refractivity contribution in [3.63, 3.8) is 0 Å². The predicted octanol–water partition coefficient (Wildman–Crippen LogP) is 6.32. The lowest BCUT2D eigenvalue weighted by molar-refractivity contribution is -0.160. The summed E-state index contributed by atoms with van der Waals surface area (Å²) in [5.74, 6) is 0.816. The average Bonchev–Trinajstić information content (AvgIpc) is 2.99. The molecule has 2 heterocycles. The Morgan fingerprint density at radius 3 is 2.84 bits per heavy atom. The molecule has 0 aromatic heterocycles. The van der Waals surface area contributed by atoms with E-state index < -0.39 is 0 Å². The number of aryl methyl sites for hydroxylation is 1. The summed E-state index contributed by atoms with van der Waals surface area (Å²) in [4.78, 5) is 11.5. The molecule has 3 atom stereocenters. The summed E-state index contributed by atoms with van der Waals surface area (Å²) in [6.07, 6.45) is 6.57. The number of ether oxygens (including phenoxy) is 3. The maximum absolute atomic E-state index is 11.5. The van der Waals surface area contributed by atoms with Crippen molar-refractivity contribution < 1.29 is 19.0 Å². The summed E-state index contributed by atoms with van der Waals surface area (Å²) in [5.41, 5.74) is 4.98. The van der Waals surface area contributed by atoms with Crippen molar-refractivity contribution in [3.8, 4) is 5.75 Å². The van der Waals surface area contributed by atoms with Crippen LogP contribution in [0.25, 0.3) is 0 Å². The summed E-state index contributed by atoms with van der Waals surface area (Å²) < 4.78 is 18.9. The van der Waals surface area contributed by atoms with Gasteiger partial charge >= 0.3 is 5.97 Å². The molecule has 4 nitrogen and oxygen atoms in total. The highest BCUT2D eigenvalue weighted by molar-refractivity contribution is 9.10. The van der Waals surface area contributed by atoms with Gasteiger partial charge < -0.3 is 14.2 Å². The van der Waals surface area contributed by atoms with Crippen LogP contribution in [0.1, 0.15) is 74.3 Å². The van der Waals surface area contributed by atoms with Gasteiger partial charge in [-0.05, 0) is 66.5 Å². The third-order valence-electron chi connectivity index (χ3n) is 6.21. The van der Waals surface area contributed by atoms with Crippen LogP contribution in [0.2, 0.25) is 0 Å². The normalized spacial score (nSPS) is 23.4. The summed E-state index contributed by atoms with van der Waals surface area (Å²) in [7, 11) is 0. The number of hydrogen-bond acceptors (Lipinski definition) is 4. The SMILES string of the molecule is CC[C@@H]1C[C@H](OC(C)=O)C[C@H](c2ccc(Br)c(Cc3ccc4c(c3)CCCCO4)c2)O1. The molecular weight excluding hydrogens is 456 g/mol. The lowest BCUT2D eigenvalue weighted by Crippen LogP contribution is -2.33. The van der Waals surface area contributed by atoms with Crippen molar-refractivity contribution in [2.75, 3.05) is 6.61 Å². The minimum atomic E-state index is -0.218. The highest BCUT2D eigenvalue weighted by Crippen LogP contribution is 2.36. The molecule has 1 saturated heterocycles. The number of hydrogen-bond donors (Lipinski definition) is 0. The first-order chi connectivity index (χ1) is 15.0. The van der Waals surface area contributed by atoms with Crippen molar-refractivity contribution in [3.05, 3.63) is 63.1 Å². The first-order valence-corrected chi connectivity index (χ1v) is 12.2. The molecule has 0 aliphatic carbocycles. The second-order valence-corrected chi connectivity index (χ2v) is 9.49. The fourth-order valence-corrected chi connectivity index (χ4v) is 5.00. The molecule has 31 heavy (non-hydrogen) atoms. The second-order valence-electron chi connectivity index (χ2n) is 8.63. The van der Waals surface area contributed by atoms with Crippen molar-refractivity contribution >= 4 is 21.9 Å². The van der Waals surface area contributed by atoms with Gasteiger partial charge in [-0.3, -0.25) is 4.79 Å². The Balaban J connectivity index is 1.54. The number of esters is 1. The fraction of sp³-hybridized carbons (Fsp3) is 0.500. The monoisotopic (exact) mass is 486 g/mol. The molecule has 0 spiro atoms. The smallest absolute Gasteiger partial charge is 0.302 e. The van der Waals surface area contributed by atoms with Crippen LogP contribution in [0.15, 0.2) is 40.9 Å². The molecule has 0 unspecified atom stereocenters. The number of carbonyl (C=O) groups excluding carboxylic acids is 1. The van der Waals surface area contributed by atoms with Gasteiger partial charge in [0.15, 0.2) is 0 Å². The van der Waals surface area contributed by atoms with E-state index in [1.165, 1.54) is 30.0 Å². The van der Waals surface area contributed by atoms with E-state index in [1.54, 1.807) is 0 Å². The van der Waals surface area contributed by atoms with E-state index in [2.05, 4.69) is 59.3 Å². The van der Waals surface area contributed by atoms with Crippen LogP contribution in [0.3, 0.4) is 0 Å². The van der Waals surface area contributed by atoms with Gasteiger partial charge in [0, 0.05) is 24.2 Å². The summed E-state index contributed by atoms with van der Waals surface area (Å²) in [6.45, 7) is 4.41. The van der Waals surface area contributed by atoms with Gasteiger partial charge in [0.25, 0.3) is 0 Å². The molecular formula is C26H31BrO4. The van der Waals surface area contributed by atoms with Crippen molar-refractivity contribution in [2.45, 2.75) is 77.1 Å². The zero-order valence-electron chi connectivity index (χ0n) is 18.4. The standard InChI is InChI=1S/C26H31BrO4/c1-3-22-15-23(30-17(2)28)16-26(31-22)20-8-9-24(27)21(14-20)13-18-7-10-25-19(12-18)6-4-5-11-29-25/h7-10,12,14,22-23,26H,3-6,11,13,15-16H2,1-2H3/t22-,23+,26-/m1/s1. The van der Waals surface area contributed by atoms with Crippen molar-refractivity contribution in [1.82, 2.24) is 0 Å². The Morgan fingerprint density at radius 2 is 2.03 bits per heavy atom. The molecule has 5 heteroatoms. The molecule has 166 valence electrons. The van der Waals surface area contributed by atoms with Crippen LogP contribution < -0.4 is 4.74 Å². The third-order valence-corrected chi connectivity index (χ3v) is 6.98. The Morgan fingerprint density at radius 1 is 1.16 bits per heavy atom. The van der Waals surface area contributed by atoms with Gasteiger partial charge in [-0.1, -0.05) is 47.1 Å². The topological polar surface area (TPSA) is 44.8 Å². The van der Waals surface area contributed by atoms with Crippen LogP contribution in [-0.2, 0) is 27.1 Å². The number of rotatable bonds is 5. The molecule has 4 rings (SSSR count). The van der Waals surface area contributed by atoms with Crippen LogP contribution >= 0.6 is 15.9 Å². The summed E-state index contributed by atoms with van der Waals surface area (Å²) >= 11 is 3.73. The molecule has 0 saturated carbocycles. The minimum Gasteiger partial charge on any atom is -0.493 e. The minimum absolute atomic E-state index is 0.0599. The summed E-state index contributed by atoms with van der Waals surface area (Å²) in [6, 6.07) is 13.0. The molecule has 0 amide bonds. The Labute approximate surface area is 193 Å². The van der Waals surface area contributed by atoms with Gasteiger partial charge in [-0.2, -0.15) is 0 Å². The molecule has 0 bridgehead atoms. The quantitative estimate of drug-likeness (QED) is 0.464. The zero-order valence-corrected chi connectivity index (χ0v) is 19.9. The largest absolute Gasteiger partial charge is 0.493 e. The molecule has 2 aliphatic rings. The van der Waals surface area contributed by atoms with E-state index in [9.17, 15) is 4.79 Å². The molecule has 0 radical (unpaired) electrons. The van der Waals surface area contributed by atoms with E-state index in [1.807, 2.05) is 0 Å². The maximum atomic E-state index is 11.5. The Bertz CT molecular complexity index is 926. The maximum Gasteiger partial charge on any atom is 0.302 e. The third kappa shape index (κ3) is 5.69. The van der Waals surface area contributed by atoms with Crippen LogP contribution in [-0.4, -0.2) is 24.8 Å². The van der Waals surface area contributed by atoms with Gasteiger partial charge in [-0.25, -0.2) is 0 Å². The highest BCUT2D eigenvalue weighted by Gasteiger charge is 2.31. The van der Waals surface area contributed by atoms with Crippen molar-refractivity contribution in [1.29, 1.82) is 0 Å². The van der Waals surface area contributed by atoms with Gasteiger partial charge in [0.05, 0.1) is 18.8 Å². The molecule has 2 aliphatic heterocycles. The highest BCUT2D eigenvalue weighted by atomic mass is 79.9. The van der Waals surface area contributed by atoms with Crippen LogP contribution in [0, 0.1) is 0 Å². The van der Waals surface area contributed by atoms with E-state index in [0.717, 1.165) is 54.5 Å². The molecule has 0 N–H and O–H groups in total. The fourth-order valence-electron chi connectivity index (χ4n) is 4.61. The van der Waals surface area contributed by atoms with Gasteiger partial charge in [-0.15, -0.1) is 0 Å². The number of carbonyl (C=O) groups is 1. The lowest BCUT2D eigenvalue weighted by atomic mass is 9.93. The zero-order chi connectivity index (χ0) is 21.8. The molecule has 2 aromatic carbocycles. The first-order valence-electron chi connectivity index (χ1n) is 11.4. The van der Waals surface area contributed by atoms with E-state index >= 15 is 0 Å². The second kappa shape index (κ2) is 10.2. The van der Waals surface area contributed by atoms with E-state index in [4.69, 9.17) is 14.2 Å². The van der Waals surface area contributed by atoms with E-state index in [-0.39, 0.29) is 24.3 Å². The molecule has 1 fully saturated rings. The number of halogens is 1. The average molecular weight is 487 g/mol. The molecule has 2 aromatic rings. The first kappa shape index (κ1) is 22.3. The lowest BCUT2D eigenvalue weighted by Gasteiger charge is -2.35. The van der Waals surface area contributed by atoms with Gasteiger partial charge in [0.2, 0.25) is 0 Å². The van der Waals surface area contributed by atoms with Crippen LogP contribution in [0.5, 0.6) is 5.75 Å². The van der Waals surface area contributed by atoms with Crippen molar-refractivity contribution in [2.24, 2.45) is 0 Å². The Kier molecular flexibility index (Phi) is 7.34. The Hall–Kier alpha value is -1.85.